The summed E-state index contributed by atoms with van der Waals surface area (Å²) < 4.78 is 13.2. The number of nitrogens with zero attached hydrogens (tertiary/aromatic N) is 2. The third-order valence-corrected chi connectivity index (χ3v) is 4.60. The average molecular weight is 333 g/mol. The van der Waals surface area contributed by atoms with Crippen LogP contribution in [-0.4, -0.2) is 28.0 Å². The van der Waals surface area contributed by atoms with Crippen LogP contribution in [0.4, 0.5) is 4.39 Å². The molecule has 0 spiro atoms. The molecule has 1 N–H and O–H groups in total. The molecule has 3 nitrogen and oxygen atoms in total. The number of aromatic nitrogens is 2. The van der Waals surface area contributed by atoms with Gasteiger partial charge in [-0.1, -0.05) is 30.4 Å². The molecule has 2 aromatic heterocycles. The second kappa shape index (κ2) is 7.03. The van der Waals surface area contributed by atoms with E-state index in [1.54, 1.807) is 12.1 Å². The van der Waals surface area contributed by atoms with Crippen LogP contribution in [0.25, 0.3) is 17.1 Å². The third-order valence-electron chi connectivity index (χ3n) is 4.60. The number of pyridine rings is 1. The van der Waals surface area contributed by atoms with E-state index in [-0.39, 0.29) is 5.82 Å². The molecule has 3 heterocycles. The molecular formula is C21H20FN3. The van der Waals surface area contributed by atoms with Gasteiger partial charge in [0.1, 0.15) is 11.5 Å². The van der Waals surface area contributed by atoms with E-state index in [1.807, 2.05) is 24.4 Å². The molecule has 0 bridgehead atoms. The zero-order valence-corrected chi connectivity index (χ0v) is 14.0. The molecule has 0 aliphatic carbocycles. The molecule has 3 aromatic rings. The van der Waals surface area contributed by atoms with Crippen LogP contribution in [0.2, 0.25) is 0 Å². The molecule has 0 fully saturated rings. The summed E-state index contributed by atoms with van der Waals surface area (Å²) in [6.07, 6.45) is 11.2. The molecule has 0 atom stereocenters. The van der Waals surface area contributed by atoms with Crippen molar-refractivity contribution < 1.29 is 4.39 Å². The molecule has 0 saturated carbocycles. The number of nitrogens with one attached hydrogen (secondary N) is 1. The first-order chi connectivity index (χ1) is 12.3. The van der Waals surface area contributed by atoms with E-state index in [2.05, 4.69) is 39.3 Å². The van der Waals surface area contributed by atoms with E-state index in [4.69, 9.17) is 0 Å². The summed E-state index contributed by atoms with van der Waals surface area (Å²) in [6.45, 7) is 2.87. The van der Waals surface area contributed by atoms with Crippen molar-refractivity contribution in [2.45, 2.75) is 13.0 Å². The fourth-order valence-corrected chi connectivity index (χ4v) is 3.22. The fourth-order valence-electron chi connectivity index (χ4n) is 3.22. The maximum Gasteiger partial charge on any atom is 0.137 e. The normalized spacial score (nSPS) is 15.8. The second-order valence-electron chi connectivity index (χ2n) is 6.37. The van der Waals surface area contributed by atoms with Crippen LogP contribution in [-0.2, 0) is 6.54 Å². The lowest BCUT2D eigenvalue weighted by molar-refractivity contribution is 0.288. The predicted octanol–water partition coefficient (Wildman–Crippen LogP) is 4.55. The molecule has 1 aliphatic rings. The second-order valence-corrected chi connectivity index (χ2v) is 6.37. The van der Waals surface area contributed by atoms with E-state index in [0.717, 1.165) is 37.3 Å². The van der Waals surface area contributed by atoms with Gasteiger partial charge in [0.15, 0.2) is 0 Å². The minimum atomic E-state index is -0.195. The lowest BCUT2D eigenvalue weighted by atomic mass is 10.1. The topological polar surface area (TPSA) is 31.9 Å². The summed E-state index contributed by atoms with van der Waals surface area (Å²) in [5.41, 5.74) is 4.44. The Morgan fingerprint density at radius 2 is 2.16 bits per heavy atom. The van der Waals surface area contributed by atoms with Crippen molar-refractivity contribution in [1.82, 2.24) is 14.9 Å². The maximum atomic E-state index is 13.2. The van der Waals surface area contributed by atoms with Crippen molar-refractivity contribution in [1.29, 1.82) is 0 Å². The van der Waals surface area contributed by atoms with Gasteiger partial charge in [0.2, 0.25) is 0 Å². The highest BCUT2D eigenvalue weighted by atomic mass is 19.1. The molecule has 1 aromatic carbocycles. The van der Waals surface area contributed by atoms with Gasteiger partial charge in [0.25, 0.3) is 0 Å². The van der Waals surface area contributed by atoms with Gasteiger partial charge in [-0.2, -0.15) is 0 Å². The van der Waals surface area contributed by atoms with Gasteiger partial charge in [0.05, 0.1) is 0 Å². The number of halogens is 1. The van der Waals surface area contributed by atoms with Crippen LogP contribution in [0.1, 0.15) is 17.5 Å². The monoisotopic (exact) mass is 333 g/mol. The molecule has 126 valence electrons. The zero-order chi connectivity index (χ0) is 17.1. The summed E-state index contributed by atoms with van der Waals surface area (Å²) in [6, 6.07) is 10.8. The first kappa shape index (κ1) is 15.8. The molecule has 0 saturated heterocycles. The number of hydrogen-bond donors (Lipinski definition) is 1. The van der Waals surface area contributed by atoms with Crippen LogP contribution < -0.4 is 0 Å². The number of allylic oxidation sites excluding steroid dienone is 1. The fraction of sp³-hybridized carbons (Fsp3) is 0.190. The number of hydrogen-bond acceptors (Lipinski definition) is 2. The maximum absolute atomic E-state index is 13.2. The van der Waals surface area contributed by atoms with Gasteiger partial charge in [0, 0.05) is 37.4 Å². The summed E-state index contributed by atoms with van der Waals surface area (Å²) >= 11 is 0. The Morgan fingerprint density at radius 3 is 3.00 bits per heavy atom. The minimum Gasteiger partial charge on any atom is -0.346 e. The van der Waals surface area contributed by atoms with E-state index in [0.29, 0.717) is 0 Å². The van der Waals surface area contributed by atoms with Crippen LogP contribution in [0, 0.1) is 5.82 Å². The minimum absolute atomic E-state index is 0.195. The van der Waals surface area contributed by atoms with E-state index < -0.39 is 0 Å². The highest BCUT2D eigenvalue weighted by Crippen LogP contribution is 2.20. The van der Waals surface area contributed by atoms with Crippen molar-refractivity contribution in [2.24, 2.45) is 0 Å². The predicted molar refractivity (Wildman–Crippen MR) is 99.5 cm³/mol. The largest absolute Gasteiger partial charge is 0.346 e. The Balaban J connectivity index is 1.40. The first-order valence-electron chi connectivity index (χ1n) is 8.54. The number of fused-ring (bicyclic) bond motifs is 1. The molecule has 4 rings (SSSR count). The SMILES string of the molecule is Fc1cccc(/C=C/C2=CCN(Cc3c[nH]c4ncccc34)CC2)c1. The molecule has 0 unspecified atom stereocenters. The molecule has 25 heavy (non-hydrogen) atoms. The van der Waals surface area contributed by atoms with E-state index in [1.165, 1.54) is 22.6 Å². The average Bonchev–Trinajstić information content (AvgIpc) is 3.04. The lowest BCUT2D eigenvalue weighted by Crippen LogP contribution is -2.27. The van der Waals surface area contributed by atoms with E-state index in [9.17, 15) is 4.39 Å². The Kier molecular flexibility index (Phi) is 4.44. The quantitative estimate of drug-likeness (QED) is 0.760. The molecular weight excluding hydrogens is 313 g/mol. The summed E-state index contributed by atoms with van der Waals surface area (Å²) in [4.78, 5) is 10.0. The molecule has 4 heteroatoms. The Labute approximate surface area is 146 Å². The number of rotatable bonds is 4. The number of H-pyrrole nitrogens is 1. The van der Waals surface area contributed by atoms with Gasteiger partial charge in [-0.3, -0.25) is 4.90 Å². The van der Waals surface area contributed by atoms with Crippen LogP contribution >= 0.6 is 0 Å². The Hall–Kier alpha value is -2.72. The summed E-state index contributed by atoms with van der Waals surface area (Å²) in [5.74, 6) is -0.195. The van der Waals surface area contributed by atoms with Gasteiger partial charge >= 0.3 is 0 Å². The summed E-state index contributed by atoms with van der Waals surface area (Å²) in [5, 5.41) is 1.20. The summed E-state index contributed by atoms with van der Waals surface area (Å²) in [7, 11) is 0. The van der Waals surface area contributed by atoms with Crippen LogP contribution in [0.3, 0.4) is 0 Å². The first-order valence-corrected chi connectivity index (χ1v) is 8.54. The lowest BCUT2D eigenvalue weighted by Gasteiger charge is -2.25. The van der Waals surface area contributed by atoms with Crippen molar-refractivity contribution in [2.75, 3.05) is 13.1 Å². The van der Waals surface area contributed by atoms with Gasteiger partial charge in [-0.05, 0) is 47.4 Å². The standard InChI is InChI=1S/C21H20FN3/c22-19-4-1-3-17(13-19)7-6-16-8-11-25(12-9-16)15-18-14-24-21-20(18)5-2-10-23-21/h1-8,10,13-14H,9,11-12,15H2,(H,23,24)/b7-6+. The highest BCUT2D eigenvalue weighted by Gasteiger charge is 2.13. The van der Waals surface area contributed by atoms with E-state index >= 15 is 0 Å². The zero-order valence-electron chi connectivity index (χ0n) is 14.0. The van der Waals surface area contributed by atoms with Crippen molar-refractivity contribution in [3.8, 4) is 0 Å². The highest BCUT2D eigenvalue weighted by molar-refractivity contribution is 5.79. The smallest absolute Gasteiger partial charge is 0.137 e. The Morgan fingerprint density at radius 1 is 1.20 bits per heavy atom. The van der Waals surface area contributed by atoms with Crippen molar-refractivity contribution >= 4 is 17.1 Å². The number of aromatic amines is 1. The van der Waals surface area contributed by atoms with Crippen LogP contribution in [0.15, 0.2) is 66.5 Å². The third kappa shape index (κ3) is 3.69. The van der Waals surface area contributed by atoms with Crippen LogP contribution in [0.5, 0.6) is 0 Å². The van der Waals surface area contributed by atoms with Crippen molar-refractivity contribution in [3.05, 3.63) is 83.5 Å². The van der Waals surface area contributed by atoms with Gasteiger partial charge < -0.3 is 4.98 Å². The van der Waals surface area contributed by atoms with Gasteiger partial charge in [-0.25, -0.2) is 9.37 Å². The van der Waals surface area contributed by atoms with Gasteiger partial charge in [-0.15, -0.1) is 0 Å². The number of benzene rings is 1. The molecule has 0 radical (unpaired) electrons. The molecule has 0 amide bonds. The molecule has 1 aliphatic heterocycles. The Bertz CT molecular complexity index is 939. The van der Waals surface area contributed by atoms with Crippen molar-refractivity contribution in [3.63, 3.8) is 0 Å².